The second kappa shape index (κ2) is 7.40. The fraction of sp³-hybridized carbons (Fsp3) is 0.312. The lowest BCUT2D eigenvalue weighted by atomic mass is 10.1. The second-order valence-electron chi connectivity index (χ2n) is 5.10. The van der Waals surface area contributed by atoms with Crippen LogP contribution in [0.3, 0.4) is 0 Å². The summed E-state index contributed by atoms with van der Waals surface area (Å²) in [6, 6.07) is 9.27. The van der Waals surface area contributed by atoms with Gasteiger partial charge in [-0.15, -0.1) is 0 Å². The third-order valence-corrected chi connectivity index (χ3v) is 3.48. The lowest BCUT2D eigenvalue weighted by Gasteiger charge is -2.12. The van der Waals surface area contributed by atoms with E-state index in [9.17, 15) is 14.7 Å². The van der Waals surface area contributed by atoms with E-state index in [0.717, 1.165) is 11.8 Å². The number of nitrogens with one attached hydrogen (secondary N) is 1. The van der Waals surface area contributed by atoms with Crippen molar-refractivity contribution in [3.8, 4) is 5.88 Å². The molecule has 1 aromatic carbocycles. The minimum atomic E-state index is -0.526. The summed E-state index contributed by atoms with van der Waals surface area (Å²) < 4.78 is 1.43. The minimum Gasteiger partial charge on any atom is -0.493 e. The van der Waals surface area contributed by atoms with Crippen LogP contribution in [0.1, 0.15) is 17.8 Å². The SMILES string of the molecule is Cn1c(O)cnc1CC(=O)NC(C=O)CCc1ccccc1. The van der Waals surface area contributed by atoms with Gasteiger partial charge in [-0.25, -0.2) is 4.98 Å². The number of nitrogens with zero attached hydrogens (tertiary/aromatic N) is 2. The topological polar surface area (TPSA) is 84.2 Å². The van der Waals surface area contributed by atoms with E-state index < -0.39 is 6.04 Å². The largest absolute Gasteiger partial charge is 0.493 e. The zero-order valence-corrected chi connectivity index (χ0v) is 12.4. The molecule has 1 amide bonds. The monoisotopic (exact) mass is 301 g/mol. The van der Waals surface area contributed by atoms with E-state index in [1.807, 2.05) is 30.3 Å². The summed E-state index contributed by atoms with van der Waals surface area (Å²) in [5, 5.41) is 12.1. The number of hydrogen-bond acceptors (Lipinski definition) is 4. The van der Waals surface area contributed by atoms with Crippen molar-refractivity contribution in [2.24, 2.45) is 7.05 Å². The van der Waals surface area contributed by atoms with E-state index in [1.165, 1.54) is 10.8 Å². The summed E-state index contributed by atoms with van der Waals surface area (Å²) in [7, 11) is 1.62. The lowest BCUT2D eigenvalue weighted by molar-refractivity contribution is -0.123. The van der Waals surface area contributed by atoms with Crippen LogP contribution in [-0.4, -0.2) is 32.9 Å². The molecule has 1 atom stereocenters. The highest BCUT2D eigenvalue weighted by molar-refractivity contribution is 5.81. The molecule has 6 heteroatoms. The molecule has 2 aromatic rings. The lowest BCUT2D eigenvalue weighted by Crippen LogP contribution is -2.37. The van der Waals surface area contributed by atoms with Crippen LogP contribution in [0.4, 0.5) is 0 Å². The van der Waals surface area contributed by atoms with Gasteiger partial charge in [0.1, 0.15) is 12.1 Å². The van der Waals surface area contributed by atoms with Gasteiger partial charge < -0.3 is 19.8 Å². The number of benzene rings is 1. The van der Waals surface area contributed by atoms with Crippen LogP contribution >= 0.6 is 0 Å². The Morgan fingerprint density at radius 1 is 1.41 bits per heavy atom. The highest BCUT2D eigenvalue weighted by Crippen LogP contribution is 2.09. The van der Waals surface area contributed by atoms with Crippen LogP contribution in [0.25, 0.3) is 0 Å². The molecule has 1 aromatic heterocycles. The number of aromatic hydroxyl groups is 1. The number of aryl methyl sites for hydroxylation is 1. The highest BCUT2D eigenvalue weighted by Gasteiger charge is 2.14. The highest BCUT2D eigenvalue weighted by atomic mass is 16.3. The molecule has 1 heterocycles. The average molecular weight is 301 g/mol. The van der Waals surface area contributed by atoms with Crippen LogP contribution in [0.15, 0.2) is 36.5 Å². The van der Waals surface area contributed by atoms with Gasteiger partial charge in [0.2, 0.25) is 11.8 Å². The molecule has 2 rings (SSSR count). The third-order valence-electron chi connectivity index (χ3n) is 3.48. The van der Waals surface area contributed by atoms with Gasteiger partial charge in [-0.1, -0.05) is 30.3 Å². The molecular formula is C16H19N3O3. The molecule has 0 aliphatic carbocycles. The number of aldehydes is 1. The number of imidazole rings is 1. The average Bonchev–Trinajstić information content (AvgIpc) is 2.84. The summed E-state index contributed by atoms with van der Waals surface area (Å²) in [4.78, 5) is 27.0. The first-order valence-electron chi connectivity index (χ1n) is 7.08. The number of aromatic nitrogens is 2. The Hall–Kier alpha value is -2.63. The van der Waals surface area contributed by atoms with Crippen molar-refractivity contribution in [3.63, 3.8) is 0 Å². The second-order valence-corrected chi connectivity index (χ2v) is 5.10. The van der Waals surface area contributed by atoms with Gasteiger partial charge in [0.15, 0.2) is 0 Å². The normalized spacial score (nSPS) is 11.9. The zero-order chi connectivity index (χ0) is 15.9. The van der Waals surface area contributed by atoms with Gasteiger partial charge in [-0.2, -0.15) is 0 Å². The van der Waals surface area contributed by atoms with Crippen LogP contribution in [0.2, 0.25) is 0 Å². The maximum Gasteiger partial charge on any atom is 0.228 e. The molecule has 0 spiro atoms. The quantitative estimate of drug-likeness (QED) is 0.747. The fourth-order valence-electron chi connectivity index (χ4n) is 2.14. The van der Waals surface area contributed by atoms with Crippen molar-refractivity contribution in [3.05, 3.63) is 47.9 Å². The van der Waals surface area contributed by atoms with Crippen LogP contribution < -0.4 is 5.32 Å². The van der Waals surface area contributed by atoms with Gasteiger partial charge in [0, 0.05) is 7.05 Å². The van der Waals surface area contributed by atoms with Crippen LogP contribution in [-0.2, 0) is 29.5 Å². The number of rotatable bonds is 7. The van der Waals surface area contributed by atoms with E-state index in [0.29, 0.717) is 18.7 Å². The van der Waals surface area contributed by atoms with Gasteiger partial charge >= 0.3 is 0 Å². The van der Waals surface area contributed by atoms with Crippen molar-refractivity contribution in [1.82, 2.24) is 14.9 Å². The van der Waals surface area contributed by atoms with Crippen molar-refractivity contribution < 1.29 is 14.7 Å². The first-order chi connectivity index (χ1) is 10.6. The standard InChI is InChI=1S/C16H19N3O3/c1-19-14(17-10-16(19)22)9-15(21)18-13(11-20)8-7-12-5-3-2-4-6-12/h2-6,10-11,13,22H,7-9H2,1H3,(H,18,21). The smallest absolute Gasteiger partial charge is 0.228 e. The summed E-state index contributed by atoms with van der Waals surface area (Å²) in [6.07, 6.45) is 3.32. The number of carbonyl (C=O) groups excluding carboxylic acids is 2. The van der Waals surface area contributed by atoms with E-state index in [2.05, 4.69) is 10.3 Å². The Labute approximate surface area is 128 Å². The molecule has 2 N–H and O–H groups in total. The Bertz CT molecular complexity index is 637. The molecule has 0 bridgehead atoms. The first kappa shape index (κ1) is 15.8. The molecule has 6 nitrogen and oxygen atoms in total. The van der Waals surface area contributed by atoms with Crippen LogP contribution in [0, 0.1) is 0 Å². The summed E-state index contributed by atoms with van der Waals surface area (Å²) in [6.45, 7) is 0. The third kappa shape index (κ3) is 4.18. The molecule has 0 radical (unpaired) electrons. The van der Waals surface area contributed by atoms with E-state index >= 15 is 0 Å². The first-order valence-corrected chi connectivity index (χ1v) is 7.08. The number of carbonyl (C=O) groups is 2. The van der Waals surface area contributed by atoms with Gasteiger partial charge in [0.25, 0.3) is 0 Å². The van der Waals surface area contributed by atoms with Crippen molar-refractivity contribution in [1.29, 1.82) is 0 Å². The predicted octanol–water partition coefficient (Wildman–Crippen LogP) is 0.985. The predicted molar refractivity (Wildman–Crippen MR) is 81.3 cm³/mol. The Morgan fingerprint density at radius 3 is 2.73 bits per heavy atom. The molecule has 0 aliphatic rings. The van der Waals surface area contributed by atoms with E-state index in [-0.39, 0.29) is 18.2 Å². The molecule has 116 valence electrons. The Balaban J connectivity index is 1.85. The molecular weight excluding hydrogens is 282 g/mol. The molecule has 0 saturated carbocycles. The summed E-state index contributed by atoms with van der Waals surface area (Å²) >= 11 is 0. The molecule has 1 unspecified atom stereocenters. The maximum atomic E-state index is 11.9. The molecule has 22 heavy (non-hydrogen) atoms. The van der Waals surface area contributed by atoms with Crippen LogP contribution in [0.5, 0.6) is 5.88 Å². The van der Waals surface area contributed by atoms with Crippen molar-refractivity contribution in [2.75, 3.05) is 0 Å². The van der Waals surface area contributed by atoms with E-state index in [4.69, 9.17) is 0 Å². The van der Waals surface area contributed by atoms with Gasteiger partial charge in [-0.05, 0) is 18.4 Å². The Kier molecular flexibility index (Phi) is 5.30. The molecule has 0 saturated heterocycles. The molecule has 0 fully saturated rings. The van der Waals surface area contributed by atoms with Crippen molar-refractivity contribution >= 4 is 12.2 Å². The van der Waals surface area contributed by atoms with Crippen molar-refractivity contribution in [2.45, 2.75) is 25.3 Å². The van der Waals surface area contributed by atoms with Gasteiger partial charge in [0.05, 0.1) is 18.7 Å². The number of hydrogen-bond donors (Lipinski definition) is 2. The molecule has 0 aliphatic heterocycles. The summed E-state index contributed by atoms with van der Waals surface area (Å²) in [5.74, 6) is 0.153. The fourth-order valence-corrected chi connectivity index (χ4v) is 2.14. The maximum absolute atomic E-state index is 11.9. The van der Waals surface area contributed by atoms with E-state index in [1.54, 1.807) is 7.05 Å². The van der Waals surface area contributed by atoms with Gasteiger partial charge in [-0.3, -0.25) is 4.79 Å². The Morgan fingerprint density at radius 2 is 2.14 bits per heavy atom. The summed E-state index contributed by atoms with van der Waals surface area (Å²) in [5.41, 5.74) is 1.12. The zero-order valence-electron chi connectivity index (χ0n) is 12.4. The number of amides is 1. The minimum absolute atomic E-state index is 0.00110.